The molecule has 1 atom stereocenters. The maximum atomic E-state index is 6.01. The molecule has 2 N–H and O–H groups in total. The molecule has 0 saturated heterocycles. The number of benzene rings is 1. The molecule has 0 saturated carbocycles. The fourth-order valence-corrected chi connectivity index (χ4v) is 1.72. The molecular formula is C14H19N3O3. The first kappa shape index (κ1) is 14.3. The molecule has 20 heavy (non-hydrogen) atoms. The van der Waals surface area contributed by atoms with Crippen LogP contribution < -0.4 is 15.2 Å². The van der Waals surface area contributed by atoms with E-state index in [1.807, 2.05) is 13.8 Å². The highest BCUT2D eigenvalue weighted by molar-refractivity contribution is 5.59. The Hall–Kier alpha value is -2.08. The predicted molar refractivity (Wildman–Crippen MR) is 74.6 cm³/mol. The third kappa shape index (κ3) is 2.91. The molecule has 1 aromatic heterocycles. The summed E-state index contributed by atoms with van der Waals surface area (Å²) in [7, 11) is 3.18. The van der Waals surface area contributed by atoms with Crippen LogP contribution in [-0.2, 0) is 0 Å². The smallest absolute Gasteiger partial charge is 0.258 e. The van der Waals surface area contributed by atoms with Crippen molar-refractivity contribution in [2.24, 2.45) is 11.7 Å². The van der Waals surface area contributed by atoms with Gasteiger partial charge >= 0.3 is 0 Å². The first-order valence-corrected chi connectivity index (χ1v) is 6.37. The van der Waals surface area contributed by atoms with Gasteiger partial charge in [-0.1, -0.05) is 19.0 Å². The second kappa shape index (κ2) is 5.92. The molecule has 6 heteroatoms. The molecule has 0 amide bonds. The number of nitrogens with two attached hydrogens (primary N) is 1. The highest BCUT2D eigenvalue weighted by Crippen LogP contribution is 2.29. The van der Waals surface area contributed by atoms with Crippen molar-refractivity contribution in [3.05, 3.63) is 24.0 Å². The van der Waals surface area contributed by atoms with Crippen LogP contribution in [0.15, 0.2) is 22.7 Å². The molecule has 1 unspecified atom stereocenters. The molecule has 0 bridgehead atoms. The number of rotatable bonds is 5. The monoisotopic (exact) mass is 277 g/mol. The molecule has 1 heterocycles. The van der Waals surface area contributed by atoms with Gasteiger partial charge < -0.3 is 19.7 Å². The number of ether oxygens (including phenoxy) is 2. The third-order valence-corrected chi connectivity index (χ3v) is 3.06. The van der Waals surface area contributed by atoms with E-state index >= 15 is 0 Å². The minimum absolute atomic E-state index is 0.236. The maximum absolute atomic E-state index is 6.01. The second-order valence-corrected chi connectivity index (χ2v) is 4.83. The molecule has 0 aliphatic carbocycles. The van der Waals surface area contributed by atoms with Crippen LogP contribution in [0, 0.1) is 5.92 Å². The normalized spacial score (nSPS) is 12.5. The lowest BCUT2D eigenvalue weighted by atomic mass is 10.1. The van der Waals surface area contributed by atoms with Crippen LogP contribution in [0.4, 0.5) is 0 Å². The zero-order chi connectivity index (χ0) is 14.7. The Bertz CT molecular complexity index is 559. The SMILES string of the molecule is COc1cc(OC)cc(-c2nc(C(N)C(C)C)no2)c1. The van der Waals surface area contributed by atoms with E-state index in [0.717, 1.165) is 5.56 Å². The van der Waals surface area contributed by atoms with Gasteiger partial charge in [0.1, 0.15) is 11.5 Å². The fourth-order valence-electron chi connectivity index (χ4n) is 1.72. The fraction of sp³-hybridized carbons (Fsp3) is 0.429. The van der Waals surface area contributed by atoms with Gasteiger partial charge in [-0.15, -0.1) is 0 Å². The third-order valence-electron chi connectivity index (χ3n) is 3.06. The van der Waals surface area contributed by atoms with Gasteiger partial charge in [-0.3, -0.25) is 0 Å². The van der Waals surface area contributed by atoms with Crippen molar-refractivity contribution >= 4 is 0 Å². The van der Waals surface area contributed by atoms with Gasteiger partial charge in [0.25, 0.3) is 5.89 Å². The van der Waals surface area contributed by atoms with Crippen LogP contribution in [0.25, 0.3) is 11.5 Å². The van der Waals surface area contributed by atoms with Gasteiger partial charge in [0.2, 0.25) is 0 Å². The minimum Gasteiger partial charge on any atom is -0.497 e. The van der Waals surface area contributed by atoms with Crippen LogP contribution in [-0.4, -0.2) is 24.4 Å². The molecule has 1 aromatic carbocycles. The van der Waals surface area contributed by atoms with Crippen molar-refractivity contribution in [3.8, 4) is 23.0 Å². The lowest BCUT2D eigenvalue weighted by Gasteiger charge is -2.09. The van der Waals surface area contributed by atoms with Crippen LogP contribution in [0.1, 0.15) is 25.7 Å². The Morgan fingerprint density at radius 2 is 1.70 bits per heavy atom. The summed E-state index contributed by atoms with van der Waals surface area (Å²) < 4.78 is 15.7. The van der Waals surface area contributed by atoms with E-state index in [0.29, 0.717) is 23.2 Å². The molecular weight excluding hydrogens is 258 g/mol. The molecule has 0 aliphatic rings. The van der Waals surface area contributed by atoms with E-state index in [1.54, 1.807) is 32.4 Å². The van der Waals surface area contributed by atoms with Crippen molar-refractivity contribution < 1.29 is 14.0 Å². The first-order chi connectivity index (χ1) is 9.55. The lowest BCUT2D eigenvalue weighted by Crippen LogP contribution is -2.18. The van der Waals surface area contributed by atoms with Crippen LogP contribution in [0.2, 0.25) is 0 Å². The molecule has 0 fully saturated rings. The van der Waals surface area contributed by atoms with E-state index < -0.39 is 0 Å². The van der Waals surface area contributed by atoms with Gasteiger partial charge in [0.15, 0.2) is 5.82 Å². The molecule has 108 valence electrons. The van der Waals surface area contributed by atoms with Crippen LogP contribution in [0.3, 0.4) is 0 Å². The zero-order valence-electron chi connectivity index (χ0n) is 12.1. The number of hydrogen-bond donors (Lipinski definition) is 1. The van der Waals surface area contributed by atoms with E-state index in [-0.39, 0.29) is 12.0 Å². The Morgan fingerprint density at radius 1 is 1.10 bits per heavy atom. The first-order valence-electron chi connectivity index (χ1n) is 6.37. The summed E-state index contributed by atoms with van der Waals surface area (Å²) in [6.45, 7) is 4.02. The van der Waals surface area contributed by atoms with Crippen LogP contribution in [0.5, 0.6) is 11.5 Å². The summed E-state index contributed by atoms with van der Waals surface area (Å²) >= 11 is 0. The van der Waals surface area contributed by atoms with E-state index in [4.69, 9.17) is 19.7 Å². The summed E-state index contributed by atoms with van der Waals surface area (Å²) in [5.74, 6) is 2.45. The molecule has 6 nitrogen and oxygen atoms in total. The Morgan fingerprint density at radius 3 is 2.20 bits per heavy atom. The topological polar surface area (TPSA) is 83.4 Å². The number of methoxy groups -OCH3 is 2. The van der Waals surface area contributed by atoms with Gasteiger partial charge in [-0.2, -0.15) is 4.98 Å². The van der Waals surface area contributed by atoms with Gasteiger partial charge in [0, 0.05) is 11.6 Å². The van der Waals surface area contributed by atoms with Crippen molar-refractivity contribution in [2.45, 2.75) is 19.9 Å². The maximum Gasteiger partial charge on any atom is 0.258 e. The average molecular weight is 277 g/mol. The molecule has 2 rings (SSSR count). The van der Waals surface area contributed by atoms with Gasteiger partial charge in [0.05, 0.1) is 20.3 Å². The van der Waals surface area contributed by atoms with Gasteiger partial charge in [-0.05, 0) is 18.1 Å². The summed E-state index contributed by atoms with van der Waals surface area (Å²) in [4.78, 5) is 4.34. The molecule has 0 aliphatic heterocycles. The highest BCUT2D eigenvalue weighted by Gasteiger charge is 2.18. The standard InChI is InChI=1S/C14H19N3O3/c1-8(2)12(15)13-16-14(20-17-13)9-5-10(18-3)7-11(6-9)19-4/h5-8,12H,15H2,1-4H3. The highest BCUT2D eigenvalue weighted by atomic mass is 16.5. The molecule has 2 aromatic rings. The second-order valence-electron chi connectivity index (χ2n) is 4.83. The molecule has 0 radical (unpaired) electrons. The summed E-state index contributed by atoms with van der Waals surface area (Å²) in [6, 6.07) is 5.14. The number of nitrogens with zero attached hydrogens (tertiary/aromatic N) is 2. The summed E-state index contributed by atoms with van der Waals surface area (Å²) in [5, 5.41) is 3.93. The van der Waals surface area contributed by atoms with Crippen molar-refractivity contribution in [2.75, 3.05) is 14.2 Å². The number of hydrogen-bond acceptors (Lipinski definition) is 6. The Labute approximate surface area is 117 Å². The summed E-state index contributed by atoms with van der Waals surface area (Å²) in [6.07, 6.45) is 0. The van der Waals surface area contributed by atoms with E-state index in [2.05, 4.69) is 10.1 Å². The van der Waals surface area contributed by atoms with Crippen molar-refractivity contribution in [1.82, 2.24) is 10.1 Å². The predicted octanol–water partition coefficient (Wildman–Crippen LogP) is 2.41. The van der Waals surface area contributed by atoms with Gasteiger partial charge in [-0.25, -0.2) is 0 Å². The zero-order valence-corrected chi connectivity index (χ0v) is 12.1. The van der Waals surface area contributed by atoms with Crippen LogP contribution >= 0.6 is 0 Å². The quantitative estimate of drug-likeness (QED) is 0.903. The van der Waals surface area contributed by atoms with E-state index in [9.17, 15) is 0 Å². The van der Waals surface area contributed by atoms with E-state index in [1.165, 1.54) is 0 Å². The summed E-state index contributed by atoms with van der Waals surface area (Å²) in [5.41, 5.74) is 6.74. The Balaban J connectivity index is 2.36. The minimum atomic E-state index is -0.250. The van der Waals surface area contributed by atoms with Crippen molar-refractivity contribution in [3.63, 3.8) is 0 Å². The molecule has 0 spiro atoms. The van der Waals surface area contributed by atoms with Crippen molar-refractivity contribution in [1.29, 1.82) is 0 Å². The Kier molecular flexibility index (Phi) is 4.24. The lowest BCUT2D eigenvalue weighted by molar-refractivity contribution is 0.390. The average Bonchev–Trinajstić information content (AvgIpc) is 2.95. The largest absolute Gasteiger partial charge is 0.497 e. The number of aromatic nitrogens is 2.